The van der Waals surface area contributed by atoms with Gasteiger partial charge in [-0.1, -0.05) is 23.8 Å². The van der Waals surface area contributed by atoms with Crippen LogP contribution in [0, 0.1) is 18.3 Å². The molecule has 29 heavy (non-hydrogen) atoms. The molecule has 0 atom stereocenters. The van der Waals surface area contributed by atoms with Gasteiger partial charge in [0.1, 0.15) is 10.6 Å². The second-order valence-electron chi connectivity index (χ2n) is 6.69. The fourth-order valence-corrected chi connectivity index (χ4v) is 4.29. The van der Waals surface area contributed by atoms with Crippen molar-refractivity contribution in [2.45, 2.75) is 13.5 Å². The molecule has 7 heteroatoms. The Bertz CT molecular complexity index is 1390. The summed E-state index contributed by atoms with van der Waals surface area (Å²) in [5.41, 5.74) is 2.92. The smallest absolute Gasteiger partial charge is 0.329 e. The summed E-state index contributed by atoms with van der Waals surface area (Å²) in [6.45, 7) is 2.06. The van der Waals surface area contributed by atoms with Crippen molar-refractivity contribution in [2.24, 2.45) is 0 Å². The summed E-state index contributed by atoms with van der Waals surface area (Å²) in [6.07, 6.45) is 0. The van der Waals surface area contributed by atoms with Gasteiger partial charge in [0, 0.05) is 16.5 Å². The first kappa shape index (κ1) is 18.7. The molecule has 2 aromatic heterocycles. The van der Waals surface area contributed by atoms with Gasteiger partial charge in [-0.25, -0.2) is 4.79 Å². The van der Waals surface area contributed by atoms with Gasteiger partial charge in [-0.05, 0) is 36.8 Å². The molecule has 0 aliphatic rings. The predicted octanol–water partition coefficient (Wildman–Crippen LogP) is 3.66. The third kappa shape index (κ3) is 3.35. The zero-order valence-electron chi connectivity index (χ0n) is 15.9. The van der Waals surface area contributed by atoms with Crippen molar-refractivity contribution in [3.05, 3.63) is 85.4 Å². The SMILES string of the molecule is COc1ccc(C)cc1-c1csc2[nH]c(=O)n(Cc3cccc(C#N)c3)c(=O)c12. The minimum atomic E-state index is -0.477. The second-order valence-corrected chi connectivity index (χ2v) is 7.57. The van der Waals surface area contributed by atoms with Gasteiger partial charge < -0.3 is 4.74 Å². The first-order chi connectivity index (χ1) is 14.0. The number of aromatic nitrogens is 2. The minimum Gasteiger partial charge on any atom is -0.496 e. The Morgan fingerprint density at radius 2 is 2.00 bits per heavy atom. The molecule has 6 nitrogen and oxygen atoms in total. The topological polar surface area (TPSA) is 87.9 Å². The Balaban J connectivity index is 1.92. The lowest BCUT2D eigenvalue weighted by atomic mass is 10.0. The first-order valence-corrected chi connectivity index (χ1v) is 9.78. The van der Waals surface area contributed by atoms with Crippen molar-refractivity contribution in [3.63, 3.8) is 0 Å². The second kappa shape index (κ2) is 7.41. The zero-order chi connectivity index (χ0) is 20.5. The molecule has 0 saturated heterocycles. The number of aromatic amines is 1. The molecule has 0 bridgehead atoms. The van der Waals surface area contributed by atoms with E-state index in [1.54, 1.807) is 31.4 Å². The van der Waals surface area contributed by atoms with Crippen LogP contribution in [0.3, 0.4) is 0 Å². The number of nitrogens with zero attached hydrogens (tertiary/aromatic N) is 2. The molecule has 0 unspecified atom stereocenters. The average Bonchev–Trinajstić information content (AvgIpc) is 3.15. The minimum absolute atomic E-state index is 0.0832. The van der Waals surface area contributed by atoms with Crippen LogP contribution in [0.5, 0.6) is 5.75 Å². The summed E-state index contributed by atoms with van der Waals surface area (Å²) in [7, 11) is 1.59. The molecule has 0 spiro atoms. The number of benzene rings is 2. The number of H-pyrrole nitrogens is 1. The van der Waals surface area contributed by atoms with Crippen LogP contribution >= 0.6 is 11.3 Å². The van der Waals surface area contributed by atoms with Crippen molar-refractivity contribution in [3.8, 4) is 22.9 Å². The van der Waals surface area contributed by atoms with Crippen LogP contribution in [-0.4, -0.2) is 16.7 Å². The zero-order valence-corrected chi connectivity index (χ0v) is 16.7. The maximum Gasteiger partial charge on any atom is 0.329 e. The van der Waals surface area contributed by atoms with E-state index in [9.17, 15) is 9.59 Å². The van der Waals surface area contributed by atoms with Gasteiger partial charge >= 0.3 is 5.69 Å². The molecule has 2 heterocycles. The lowest BCUT2D eigenvalue weighted by Gasteiger charge is -2.10. The van der Waals surface area contributed by atoms with E-state index in [1.807, 2.05) is 30.5 Å². The highest BCUT2D eigenvalue weighted by molar-refractivity contribution is 7.17. The Kier molecular flexibility index (Phi) is 4.79. The molecule has 0 fully saturated rings. The van der Waals surface area contributed by atoms with Crippen LogP contribution < -0.4 is 16.0 Å². The molecular weight excluding hydrogens is 386 g/mol. The molecule has 0 amide bonds. The van der Waals surface area contributed by atoms with Gasteiger partial charge in [-0.15, -0.1) is 11.3 Å². The maximum absolute atomic E-state index is 13.3. The highest BCUT2D eigenvalue weighted by atomic mass is 32.1. The van der Waals surface area contributed by atoms with Gasteiger partial charge in [-0.3, -0.25) is 14.3 Å². The third-order valence-electron chi connectivity index (χ3n) is 4.76. The van der Waals surface area contributed by atoms with Gasteiger partial charge in [0.25, 0.3) is 5.56 Å². The number of aryl methyl sites for hydroxylation is 1. The molecule has 1 N–H and O–H groups in total. The van der Waals surface area contributed by atoms with Crippen LogP contribution in [0.15, 0.2) is 57.4 Å². The first-order valence-electron chi connectivity index (χ1n) is 8.90. The average molecular weight is 403 g/mol. The van der Waals surface area contributed by atoms with Crippen molar-refractivity contribution in [1.82, 2.24) is 9.55 Å². The summed E-state index contributed by atoms with van der Waals surface area (Å²) in [6, 6.07) is 14.7. The van der Waals surface area contributed by atoms with E-state index in [4.69, 9.17) is 10.00 Å². The van der Waals surface area contributed by atoms with Crippen LogP contribution in [0.4, 0.5) is 0 Å². The monoisotopic (exact) mass is 403 g/mol. The molecule has 144 valence electrons. The van der Waals surface area contributed by atoms with E-state index in [-0.39, 0.29) is 12.1 Å². The normalized spacial score (nSPS) is 10.8. The largest absolute Gasteiger partial charge is 0.496 e. The van der Waals surface area contributed by atoms with Gasteiger partial charge in [0.05, 0.1) is 30.7 Å². The van der Waals surface area contributed by atoms with Crippen LogP contribution in [0.1, 0.15) is 16.7 Å². The lowest BCUT2D eigenvalue weighted by Crippen LogP contribution is -2.35. The molecule has 2 aromatic carbocycles. The molecule has 4 rings (SSSR count). The number of nitrogens with one attached hydrogen (secondary N) is 1. The summed E-state index contributed by atoms with van der Waals surface area (Å²) in [5.74, 6) is 0.661. The van der Waals surface area contributed by atoms with Crippen LogP contribution in [-0.2, 0) is 6.54 Å². The summed E-state index contributed by atoms with van der Waals surface area (Å²) in [4.78, 5) is 29.2. The number of ether oxygens (including phenoxy) is 1. The number of nitriles is 1. The van der Waals surface area contributed by atoms with Crippen LogP contribution in [0.25, 0.3) is 21.3 Å². The van der Waals surface area contributed by atoms with Crippen molar-refractivity contribution in [2.75, 3.05) is 7.11 Å². The molecule has 0 radical (unpaired) electrons. The number of fused-ring (bicyclic) bond motifs is 1. The van der Waals surface area contributed by atoms with E-state index >= 15 is 0 Å². The molecule has 0 aliphatic heterocycles. The van der Waals surface area contributed by atoms with Gasteiger partial charge in [-0.2, -0.15) is 5.26 Å². The molecule has 0 saturated carbocycles. The predicted molar refractivity (Wildman–Crippen MR) is 114 cm³/mol. The van der Waals surface area contributed by atoms with Crippen LogP contribution in [0.2, 0.25) is 0 Å². The molecule has 0 aliphatic carbocycles. The summed E-state index contributed by atoms with van der Waals surface area (Å²) < 4.78 is 6.65. The standard InChI is InChI=1S/C22H17N3O3S/c1-13-6-7-18(28-2)16(8-13)17-12-29-20-19(17)21(26)25(22(27)24-20)11-15-5-3-4-14(9-15)10-23/h3-9,12H,11H2,1-2H3,(H,24,27). The number of hydrogen-bond acceptors (Lipinski definition) is 5. The maximum atomic E-state index is 13.3. The Hall–Kier alpha value is -3.63. The summed E-state index contributed by atoms with van der Waals surface area (Å²) >= 11 is 1.32. The van der Waals surface area contributed by atoms with E-state index < -0.39 is 5.69 Å². The van der Waals surface area contributed by atoms with E-state index in [0.29, 0.717) is 27.1 Å². The Morgan fingerprint density at radius 1 is 1.17 bits per heavy atom. The number of hydrogen-bond donors (Lipinski definition) is 1. The van der Waals surface area contributed by atoms with Crippen molar-refractivity contribution >= 4 is 21.6 Å². The fraction of sp³-hybridized carbons (Fsp3) is 0.136. The third-order valence-corrected chi connectivity index (χ3v) is 5.65. The fourth-order valence-electron chi connectivity index (χ4n) is 3.35. The highest BCUT2D eigenvalue weighted by Gasteiger charge is 2.18. The molecule has 4 aromatic rings. The number of rotatable bonds is 4. The van der Waals surface area contributed by atoms with E-state index in [2.05, 4.69) is 11.1 Å². The number of methoxy groups -OCH3 is 1. The van der Waals surface area contributed by atoms with Crippen molar-refractivity contribution in [1.29, 1.82) is 5.26 Å². The molecular formula is C22H17N3O3S. The summed E-state index contributed by atoms with van der Waals surface area (Å²) in [5, 5.41) is 11.4. The lowest BCUT2D eigenvalue weighted by molar-refractivity contribution is 0.416. The van der Waals surface area contributed by atoms with Crippen molar-refractivity contribution < 1.29 is 4.74 Å². The Labute approximate surface area is 170 Å². The van der Waals surface area contributed by atoms with E-state index in [0.717, 1.165) is 21.3 Å². The van der Waals surface area contributed by atoms with Gasteiger partial charge in [0.15, 0.2) is 0 Å². The van der Waals surface area contributed by atoms with E-state index in [1.165, 1.54) is 11.3 Å². The quantitative estimate of drug-likeness (QED) is 0.563. The van der Waals surface area contributed by atoms with Gasteiger partial charge in [0.2, 0.25) is 0 Å². The highest BCUT2D eigenvalue weighted by Crippen LogP contribution is 2.36. The Morgan fingerprint density at radius 3 is 2.76 bits per heavy atom. The number of thiophene rings is 1.